The number of aromatic nitrogens is 6. The summed E-state index contributed by atoms with van der Waals surface area (Å²) in [5, 5.41) is 21.1. The molecule has 0 spiro atoms. The Bertz CT molecular complexity index is 751. The molecule has 3 aromatic heterocycles. The van der Waals surface area contributed by atoms with Crippen LogP contribution in [0.15, 0.2) is 55.4 Å². The second kappa shape index (κ2) is 16.1. The number of cyclic esters (lactones) is 1. The average molecular weight is 491 g/mol. The van der Waals surface area contributed by atoms with Crippen molar-refractivity contribution in [2.24, 2.45) is 0 Å². The molecule has 4 heterocycles. The molecule has 0 bridgehead atoms. The summed E-state index contributed by atoms with van der Waals surface area (Å²) < 4.78 is 25.0. The Labute approximate surface area is 187 Å². The number of carbonyl (C=O) groups is 1. The van der Waals surface area contributed by atoms with E-state index in [1.807, 2.05) is 36.8 Å². The Morgan fingerprint density at radius 2 is 1.40 bits per heavy atom. The maximum Gasteiger partial charge on any atom is 2.00 e. The van der Waals surface area contributed by atoms with Gasteiger partial charge in [-0.15, -0.1) is 0 Å². The minimum atomic E-state index is -0.442. The van der Waals surface area contributed by atoms with Gasteiger partial charge in [0, 0.05) is 25.0 Å². The van der Waals surface area contributed by atoms with Crippen LogP contribution in [0.2, 0.25) is 0 Å². The second-order valence-corrected chi connectivity index (χ2v) is 5.01. The van der Waals surface area contributed by atoms with E-state index in [1.54, 1.807) is 45.2 Å². The van der Waals surface area contributed by atoms with Gasteiger partial charge in [-0.3, -0.25) is 4.79 Å². The minimum absolute atomic E-state index is 0. The summed E-state index contributed by atoms with van der Waals surface area (Å²) in [7, 11) is -0.194. The van der Waals surface area contributed by atoms with E-state index in [1.165, 1.54) is 6.42 Å². The van der Waals surface area contributed by atoms with Crippen LogP contribution in [0.1, 0.15) is 0 Å². The number of aliphatic hydroxyl groups excluding tert-OH is 1. The fraction of sp³-hybridized carbons (Fsp3) is 0.118. The maximum absolute atomic E-state index is 10.4. The van der Waals surface area contributed by atoms with Crippen LogP contribution in [-0.4, -0.2) is 60.0 Å². The first-order valence-corrected chi connectivity index (χ1v) is 7.99. The van der Waals surface area contributed by atoms with Crippen LogP contribution < -0.4 is 0 Å². The van der Waals surface area contributed by atoms with Crippen LogP contribution in [-0.2, 0) is 39.9 Å². The van der Waals surface area contributed by atoms with Gasteiger partial charge in [0.2, 0.25) is 0 Å². The van der Waals surface area contributed by atoms with Gasteiger partial charge in [0.1, 0.15) is 6.10 Å². The van der Waals surface area contributed by atoms with Gasteiger partial charge in [0.15, 0.2) is 0 Å². The molecule has 0 amide bonds. The van der Waals surface area contributed by atoms with Crippen molar-refractivity contribution >= 4 is 13.1 Å². The SMILES string of the molecule is O=C1[CH][CH][CH][C@@H](CO)O1.[C-]#[O+].[C-]#[O+].[Mo+2].c1cnn([B-](n2cccn2)n2cccn2)c1. The molecule has 1 N–H and O–H groups in total. The van der Waals surface area contributed by atoms with Gasteiger partial charge in [-0.1, -0.05) is 0 Å². The molecule has 152 valence electrons. The van der Waals surface area contributed by atoms with Crippen LogP contribution in [0.3, 0.4) is 0 Å². The summed E-state index contributed by atoms with van der Waals surface area (Å²) in [6.45, 7) is 8.86. The molecular weight excluding hydrogens is 475 g/mol. The molecule has 13 heteroatoms. The van der Waals surface area contributed by atoms with E-state index >= 15 is 0 Å². The number of nitrogens with zero attached hydrogens (tertiary/aromatic N) is 6. The van der Waals surface area contributed by atoms with Gasteiger partial charge in [-0.2, -0.15) is 0 Å². The predicted molar refractivity (Wildman–Crippen MR) is 96.4 cm³/mol. The molecule has 0 aliphatic carbocycles. The van der Waals surface area contributed by atoms with E-state index in [2.05, 4.69) is 33.3 Å². The smallest absolute Gasteiger partial charge is 0.425 e. The summed E-state index contributed by atoms with van der Waals surface area (Å²) >= 11 is 0. The van der Waals surface area contributed by atoms with E-state index in [0.29, 0.717) is 0 Å². The Balaban J connectivity index is 0.000000518. The Morgan fingerprint density at radius 3 is 1.67 bits per heavy atom. The van der Waals surface area contributed by atoms with E-state index < -0.39 is 12.1 Å². The van der Waals surface area contributed by atoms with Crippen LogP contribution >= 0.6 is 0 Å². The number of hydrogen-bond donors (Lipinski definition) is 1. The molecule has 1 atom stereocenters. The molecule has 0 unspecified atom stereocenters. The molecule has 1 aliphatic rings. The molecule has 30 heavy (non-hydrogen) atoms. The molecule has 0 saturated carbocycles. The standard InChI is InChI=1S/C9H9BN6.C6H7O3.2CO.Mo/c1-4-11-14(7-1)10(15-8-2-5-12-15)16-9-3-6-13-16;7-4-5-2-1-3-6(8)9-5;2*1-2;/h1-9H;1-3,5,7H,4H2;;;/q-1;;;;+2/t;5-;;;/m.0.../s1. The normalized spacial score (nSPS) is 14.3. The molecular formula is C17H16BMoN6O5+. The van der Waals surface area contributed by atoms with Gasteiger partial charge in [-0.25, -0.2) is 15.3 Å². The first kappa shape index (κ1) is 27.3. The zero-order chi connectivity index (χ0) is 21.5. The zero-order valence-corrected chi connectivity index (χ0v) is 17.5. The van der Waals surface area contributed by atoms with Crippen LogP contribution in [0.4, 0.5) is 0 Å². The van der Waals surface area contributed by atoms with Crippen molar-refractivity contribution in [3.8, 4) is 0 Å². The van der Waals surface area contributed by atoms with Crippen molar-refractivity contribution in [2.45, 2.75) is 6.10 Å². The van der Waals surface area contributed by atoms with E-state index in [-0.39, 0.29) is 34.8 Å². The van der Waals surface area contributed by atoms with Gasteiger partial charge in [-0.05, 0) is 43.2 Å². The fourth-order valence-corrected chi connectivity index (χ4v) is 2.20. The average Bonchev–Trinajstić information content (AvgIpc) is 3.56. The second-order valence-electron chi connectivity index (χ2n) is 5.01. The molecule has 3 aromatic rings. The quantitative estimate of drug-likeness (QED) is 0.229. The topological polar surface area (TPSA) is 140 Å². The van der Waals surface area contributed by atoms with E-state index in [0.717, 1.165) is 0 Å². The first-order valence-electron chi connectivity index (χ1n) is 7.99. The molecule has 4 rings (SSSR count). The number of esters is 1. The van der Waals surface area contributed by atoms with Crippen LogP contribution in [0.5, 0.6) is 0 Å². The van der Waals surface area contributed by atoms with Crippen molar-refractivity contribution < 1.29 is 45.0 Å². The number of rotatable bonds is 4. The summed E-state index contributed by atoms with van der Waals surface area (Å²) in [6, 6.07) is 5.62. The van der Waals surface area contributed by atoms with Gasteiger partial charge in [0.05, 0.1) is 13.0 Å². The van der Waals surface area contributed by atoms with Crippen molar-refractivity contribution in [1.29, 1.82) is 0 Å². The number of carbonyl (C=O) groups excluding carboxylic acids is 1. The van der Waals surface area contributed by atoms with Crippen LogP contribution in [0.25, 0.3) is 0 Å². The van der Waals surface area contributed by atoms with Gasteiger partial charge < -0.3 is 23.6 Å². The number of ether oxygens (including phenoxy) is 1. The summed E-state index contributed by atoms with van der Waals surface area (Å²) in [4.78, 5) is 10.4. The summed E-state index contributed by atoms with van der Waals surface area (Å²) in [6.07, 6.45) is 14.9. The zero-order valence-electron chi connectivity index (χ0n) is 15.5. The third-order valence-electron chi connectivity index (χ3n) is 3.29. The third-order valence-corrected chi connectivity index (χ3v) is 3.29. The molecule has 0 aromatic carbocycles. The Kier molecular flexibility index (Phi) is 14.7. The predicted octanol–water partition coefficient (Wildman–Crippen LogP) is -0.355. The summed E-state index contributed by atoms with van der Waals surface area (Å²) in [5.41, 5.74) is 0. The summed E-state index contributed by atoms with van der Waals surface area (Å²) in [5.74, 6) is -0.392. The Morgan fingerprint density at radius 1 is 0.967 bits per heavy atom. The fourth-order valence-electron chi connectivity index (χ4n) is 2.20. The van der Waals surface area contributed by atoms with E-state index in [9.17, 15) is 4.79 Å². The molecule has 1 fully saturated rings. The maximum atomic E-state index is 10.4. The van der Waals surface area contributed by atoms with Gasteiger partial charge in [0.25, 0.3) is 7.12 Å². The van der Waals surface area contributed by atoms with Crippen molar-refractivity contribution in [3.05, 3.63) is 87.9 Å². The van der Waals surface area contributed by atoms with Crippen molar-refractivity contribution in [3.63, 3.8) is 0 Å². The monoisotopic (exact) mass is 493 g/mol. The largest absolute Gasteiger partial charge is 2.00 e. The number of aliphatic hydroxyl groups is 1. The van der Waals surface area contributed by atoms with Crippen LogP contribution in [0, 0.1) is 32.6 Å². The molecule has 1 saturated heterocycles. The van der Waals surface area contributed by atoms with E-state index in [4.69, 9.17) is 14.4 Å². The number of hydrogen-bond acceptors (Lipinski definition) is 6. The molecule has 4 radical (unpaired) electrons. The minimum Gasteiger partial charge on any atom is -0.425 e. The van der Waals surface area contributed by atoms with Crippen molar-refractivity contribution in [2.75, 3.05) is 6.61 Å². The molecule has 11 nitrogen and oxygen atoms in total. The van der Waals surface area contributed by atoms with Gasteiger partial charge >= 0.3 is 49.6 Å². The van der Waals surface area contributed by atoms with Crippen molar-refractivity contribution in [1.82, 2.24) is 29.1 Å². The third kappa shape index (κ3) is 8.35. The first-order chi connectivity index (χ1) is 14.3. The Hall–Kier alpha value is -2.71. The molecule has 1 aliphatic heterocycles.